The number of carbonyl (C=O) groups is 1. The van der Waals surface area contributed by atoms with Gasteiger partial charge < -0.3 is 9.67 Å². The first-order valence-corrected chi connectivity index (χ1v) is 13.3. The highest BCUT2D eigenvalue weighted by molar-refractivity contribution is 7.98. The van der Waals surface area contributed by atoms with E-state index in [4.69, 9.17) is 11.6 Å². The molecule has 4 aromatic rings. The summed E-state index contributed by atoms with van der Waals surface area (Å²) < 4.78 is 2.31. The maximum atomic E-state index is 12.2. The zero-order chi connectivity index (χ0) is 25.2. The second-order valence-corrected chi connectivity index (χ2v) is 11.5. The Bertz CT molecular complexity index is 1320. The zero-order valence-corrected chi connectivity index (χ0v) is 22.3. The molecule has 3 aromatic carbocycles. The second kappa shape index (κ2) is 10.5. The molecule has 0 saturated heterocycles. The third-order valence-electron chi connectivity index (χ3n) is 6.48. The summed E-state index contributed by atoms with van der Waals surface area (Å²) in [5.41, 5.74) is 4.98. The van der Waals surface area contributed by atoms with Gasteiger partial charge in [-0.05, 0) is 60.7 Å². The first-order valence-electron chi connectivity index (χ1n) is 12.0. The molecule has 4 rings (SSSR count). The Morgan fingerprint density at radius 1 is 1.00 bits per heavy atom. The van der Waals surface area contributed by atoms with Crippen LogP contribution in [0.3, 0.4) is 0 Å². The van der Waals surface area contributed by atoms with E-state index in [1.807, 2.05) is 44.2 Å². The molecule has 0 fully saturated rings. The van der Waals surface area contributed by atoms with Crippen molar-refractivity contribution < 1.29 is 9.90 Å². The molecule has 0 aliphatic rings. The van der Waals surface area contributed by atoms with E-state index in [0.717, 1.165) is 22.5 Å². The number of thioether (sulfide) groups is 1. The van der Waals surface area contributed by atoms with Crippen molar-refractivity contribution >= 4 is 40.2 Å². The van der Waals surface area contributed by atoms with Gasteiger partial charge in [0.15, 0.2) is 0 Å². The van der Waals surface area contributed by atoms with Crippen molar-refractivity contribution in [3.8, 4) is 0 Å². The molecule has 1 aromatic heterocycles. The van der Waals surface area contributed by atoms with Crippen LogP contribution in [-0.4, -0.2) is 15.6 Å². The molecule has 35 heavy (non-hydrogen) atoms. The molecule has 0 saturated carbocycles. The zero-order valence-electron chi connectivity index (χ0n) is 20.7. The number of hydrogen-bond donors (Lipinski definition) is 1. The smallest absolute Gasteiger partial charge is 0.309 e. The summed E-state index contributed by atoms with van der Waals surface area (Å²) in [5.74, 6) is 0.445. The van der Waals surface area contributed by atoms with Crippen molar-refractivity contribution in [1.29, 1.82) is 0 Å². The van der Waals surface area contributed by atoms with Gasteiger partial charge in [-0.1, -0.05) is 74.0 Å². The molecule has 0 aliphatic heterocycles. The average molecular weight is 506 g/mol. The predicted molar refractivity (Wildman–Crippen MR) is 148 cm³/mol. The van der Waals surface area contributed by atoms with E-state index >= 15 is 0 Å². The van der Waals surface area contributed by atoms with Crippen LogP contribution in [0.15, 0.2) is 77.7 Å². The molecule has 1 heterocycles. The number of nitrogens with zero attached hydrogens (tertiary/aromatic N) is 1. The van der Waals surface area contributed by atoms with E-state index in [1.165, 1.54) is 21.4 Å². The number of halogens is 1. The fourth-order valence-electron chi connectivity index (χ4n) is 4.27. The molecule has 0 unspecified atom stereocenters. The lowest BCUT2D eigenvalue weighted by molar-refractivity contribution is -0.146. The van der Waals surface area contributed by atoms with Gasteiger partial charge in [0.05, 0.1) is 5.41 Å². The number of benzene rings is 3. The van der Waals surface area contributed by atoms with Crippen LogP contribution in [0.25, 0.3) is 10.9 Å². The van der Waals surface area contributed by atoms with Gasteiger partial charge in [0, 0.05) is 45.2 Å². The van der Waals surface area contributed by atoms with Crippen LogP contribution in [0.2, 0.25) is 5.02 Å². The fourth-order valence-corrected chi connectivity index (χ4v) is 5.56. The summed E-state index contributed by atoms with van der Waals surface area (Å²) >= 11 is 7.94. The van der Waals surface area contributed by atoms with Gasteiger partial charge in [-0.3, -0.25) is 4.79 Å². The molecule has 1 N–H and O–H groups in total. The van der Waals surface area contributed by atoms with Crippen molar-refractivity contribution in [2.75, 3.05) is 0 Å². The molecule has 0 spiro atoms. The summed E-state index contributed by atoms with van der Waals surface area (Å²) in [5, 5.41) is 11.9. The number of carboxylic acids is 1. The highest BCUT2D eigenvalue weighted by Crippen LogP contribution is 2.40. The summed E-state index contributed by atoms with van der Waals surface area (Å²) in [6.45, 7) is 8.69. The van der Waals surface area contributed by atoms with Crippen molar-refractivity contribution in [1.82, 2.24) is 4.57 Å². The highest BCUT2D eigenvalue weighted by atomic mass is 35.5. The van der Waals surface area contributed by atoms with E-state index in [9.17, 15) is 9.90 Å². The summed E-state index contributed by atoms with van der Waals surface area (Å²) in [6, 6.07) is 25.0. The third-order valence-corrected chi connectivity index (χ3v) is 7.95. The monoisotopic (exact) mass is 505 g/mol. The molecule has 0 amide bonds. The SMILES string of the molecule is CC(C)c1ccc2c(c1)c(SCc1ccccc1)c(CC(C)(C)C(=O)O)n2Cc1ccc(Cl)cc1. The second-order valence-electron chi connectivity index (χ2n) is 10.1. The van der Waals surface area contributed by atoms with Crippen molar-refractivity contribution in [2.45, 2.75) is 57.2 Å². The Hall–Kier alpha value is -2.69. The molecule has 3 nitrogen and oxygen atoms in total. The lowest BCUT2D eigenvalue weighted by Crippen LogP contribution is -2.27. The molecule has 0 radical (unpaired) electrons. The number of rotatable bonds is 9. The van der Waals surface area contributed by atoms with Crippen LogP contribution in [-0.2, 0) is 23.5 Å². The minimum atomic E-state index is -0.894. The Balaban J connectivity index is 1.90. The molecular formula is C30H32ClNO2S. The van der Waals surface area contributed by atoms with E-state index in [-0.39, 0.29) is 0 Å². The molecule has 0 aliphatic carbocycles. The number of carboxylic acid groups (broad SMARTS) is 1. The van der Waals surface area contributed by atoms with Crippen LogP contribution in [0.5, 0.6) is 0 Å². The normalized spacial score (nSPS) is 11.9. The largest absolute Gasteiger partial charge is 0.481 e. The van der Waals surface area contributed by atoms with Gasteiger partial charge in [-0.15, -0.1) is 11.8 Å². The van der Waals surface area contributed by atoms with Crippen LogP contribution in [0.1, 0.15) is 56.0 Å². The first-order chi connectivity index (χ1) is 16.7. The third kappa shape index (κ3) is 5.76. The Morgan fingerprint density at radius 3 is 2.31 bits per heavy atom. The molecule has 0 atom stereocenters. The van der Waals surface area contributed by atoms with Gasteiger partial charge in [-0.25, -0.2) is 0 Å². The lowest BCUT2D eigenvalue weighted by Gasteiger charge is -2.22. The molecule has 182 valence electrons. The van der Waals surface area contributed by atoms with Gasteiger partial charge in [0.1, 0.15) is 0 Å². The highest BCUT2D eigenvalue weighted by Gasteiger charge is 2.31. The van der Waals surface area contributed by atoms with Crippen LogP contribution in [0.4, 0.5) is 0 Å². The van der Waals surface area contributed by atoms with Gasteiger partial charge in [0.2, 0.25) is 0 Å². The average Bonchev–Trinajstić information content (AvgIpc) is 3.10. The van der Waals surface area contributed by atoms with Crippen molar-refractivity contribution in [2.24, 2.45) is 5.41 Å². The summed E-state index contributed by atoms with van der Waals surface area (Å²) in [7, 11) is 0. The number of fused-ring (bicyclic) bond motifs is 1. The van der Waals surface area contributed by atoms with Gasteiger partial charge in [-0.2, -0.15) is 0 Å². The van der Waals surface area contributed by atoms with E-state index in [0.29, 0.717) is 23.9 Å². The molecule has 0 bridgehead atoms. The quantitative estimate of drug-likeness (QED) is 0.232. The standard InChI is InChI=1S/C30H32ClNO2S/c1-20(2)23-12-15-26-25(16-23)28(35-19-22-8-6-5-7-9-22)27(17-30(3,4)29(33)34)32(26)18-21-10-13-24(31)14-11-21/h5-16,20H,17-19H2,1-4H3,(H,33,34). The van der Waals surface area contributed by atoms with Crippen molar-refractivity contribution in [3.05, 3.63) is 100 Å². The van der Waals surface area contributed by atoms with Crippen LogP contribution in [0, 0.1) is 5.41 Å². The van der Waals surface area contributed by atoms with Gasteiger partial charge in [0.25, 0.3) is 0 Å². The Morgan fingerprint density at radius 2 is 1.69 bits per heavy atom. The fraction of sp³-hybridized carbons (Fsp3) is 0.300. The van der Waals surface area contributed by atoms with Crippen LogP contribution >= 0.6 is 23.4 Å². The number of aliphatic carboxylic acids is 1. The first kappa shape index (κ1) is 25.4. The topological polar surface area (TPSA) is 42.2 Å². The predicted octanol–water partition coefficient (Wildman–Crippen LogP) is 8.41. The molecule has 5 heteroatoms. The van der Waals surface area contributed by atoms with Gasteiger partial charge >= 0.3 is 5.97 Å². The number of aromatic nitrogens is 1. The minimum Gasteiger partial charge on any atom is -0.481 e. The summed E-state index contributed by atoms with van der Waals surface area (Å²) in [6.07, 6.45) is 0.443. The molecular weight excluding hydrogens is 474 g/mol. The van der Waals surface area contributed by atoms with Crippen molar-refractivity contribution in [3.63, 3.8) is 0 Å². The maximum Gasteiger partial charge on any atom is 0.309 e. The maximum absolute atomic E-state index is 12.2. The number of hydrogen-bond acceptors (Lipinski definition) is 2. The summed E-state index contributed by atoms with van der Waals surface area (Å²) in [4.78, 5) is 13.3. The Kier molecular flexibility index (Phi) is 7.63. The van der Waals surface area contributed by atoms with E-state index < -0.39 is 11.4 Å². The Labute approximate surface area is 217 Å². The lowest BCUT2D eigenvalue weighted by atomic mass is 9.88. The minimum absolute atomic E-state index is 0.407. The van der Waals surface area contributed by atoms with E-state index in [1.54, 1.807) is 11.8 Å². The van der Waals surface area contributed by atoms with E-state index in [2.05, 4.69) is 60.9 Å². The van der Waals surface area contributed by atoms with Crippen LogP contribution < -0.4 is 0 Å².